The van der Waals surface area contributed by atoms with Crippen molar-refractivity contribution in [2.45, 2.75) is 32.7 Å². The van der Waals surface area contributed by atoms with Gasteiger partial charge in [0.15, 0.2) is 0 Å². The third-order valence-corrected chi connectivity index (χ3v) is 3.06. The Balaban J connectivity index is 2.52. The predicted octanol–water partition coefficient (Wildman–Crippen LogP) is 2.56. The Kier molecular flexibility index (Phi) is 2.39. The molecular weight excluding hydrogens is 190 g/mol. The van der Waals surface area contributed by atoms with E-state index in [1.54, 1.807) is 6.07 Å². The van der Waals surface area contributed by atoms with E-state index in [1.807, 2.05) is 11.5 Å². The number of aromatic nitrogens is 1. The average molecular weight is 205 g/mol. The smallest absolute Gasteiger partial charge is 0.352 e. The number of hydrogen-bond donors (Lipinski definition) is 1. The number of hydrogen-bond acceptors (Lipinski definition) is 1. The first kappa shape index (κ1) is 10.0. The molecule has 15 heavy (non-hydrogen) atoms. The van der Waals surface area contributed by atoms with Crippen LogP contribution in [0.1, 0.15) is 41.1 Å². The van der Waals surface area contributed by atoms with Gasteiger partial charge in [-0.15, -0.1) is 0 Å². The second-order valence-electron chi connectivity index (χ2n) is 3.90. The zero-order valence-electron chi connectivity index (χ0n) is 9.03. The first-order valence-electron chi connectivity index (χ1n) is 5.25. The van der Waals surface area contributed by atoms with Crippen LogP contribution >= 0.6 is 0 Å². The highest BCUT2D eigenvalue weighted by molar-refractivity contribution is 5.86. The molecule has 0 bridgehead atoms. The highest BCUT2D eigenvalue weighted by Gasteiger charge is 2.22. The first-order valence-corrected chi connectivity index (χ1v) is 5.25. The van der Waals surface area contributed by atoms with Gasteiger partial charge in [-0.1, -0.05) is 19.1 Å². The number of allylic oxidation sites excluding steroid dienone is 2. The predicted molar refractivity (Wildman–Crippen MR) is 58.3 cm³/mol. The van der Waals surface area contributed by atoms with E-state index < -0.39 is 5.97 Å². The van der Waals surface area contributed by atoms with Gasteiger partial charge in [0, 0.05) is 5.69 Å². The minimum atomic E-state index is -0.835. The lowest BCUT2D eigenvalue weighted by Gasteiger charge is -2.23. The second-order valence-corrected chi connectivity index (χ2v) is 3.90. The Morgan fingerprint density at radius 3 is 2.73 bits per heavy atom. The van der Waals surface area contributed by atoms with Crippen LogP contribution in [0.2, 0.25) is 0 Å². The molecule has 0 fully saturated rings. The van der Waals surface area contributed by atoms with Gasteiger partial charge in [0.1, 0.15) is 5.69 Å². The van der Waals surface area contributed by atoms with Gasteiger partial charge in [-0.25, -0.2) is 4.79 Å². The Hall–Kier alpha value is -1.51. The fraction of sp³-hybridized carbons (Fsp3) is 0.417. The van der Waals surface area contributed by atoms with E-state index in [-0.39, 0.29) is 6.04 Å². The van der Waals surface area contributed by atoms with Crippen molar-refractivity contribution in [3.05, 3.63) is 35.2 Å². The molecule has 0 aliphatic heterocycles. The molecule has 1 aliphatic carbocycles. The molecule has 0 radical (unpaired) electrons. The van der Waals surface area contributed by atoms with Crippen LogP contribution in [-0.4, -0.2) is 15.6 Å². The molecule has 1 aliphatic rings. The molecule has 3 heteroatoms. The number of rotatable bonds is 3. The van der Waals surface area contributed by atoms with E-state index in [1.165, 1.54) is 0 Å². The van der Waals surface area contributed by atoms with Gasteiger partial charge in [0.05, 0.1) is 6.04 Å². The molecule has 3 nitrogen and oxygen atoms in total. The lowest BCUT2D eigenvalue weighted by molar-refractivity contribution is 0.0683. The third kappa shape index (κ3) is 1.48. The molecule has 1 aromatic rings. The summed E-state index contributed by atoms with van der Waals surface area (Å²) in [5, 5.41) is 9.12. The standard InChI is InChI=1S/C12H15NO2/c1-3-9-7-11(12(14)15)13(8(9)2)10-5-4-6-10/h4-5,7,10H,3,6H2,1-2H3,(H,14,15). The molecule has 1 heterocycles. The SMILES string of the molecule is CCc1cc(C(=O)O)n(C2C=CC2)c1C. The van der Waals surface area contributed by atoms with E-state index in [2.05, 4.69) is 19.1 Å². The van der Waals surface area contributed by atoms with Crippen molar-refractivity contribution < 1.29 is 9.90 Å². The summed E-state index contributed by atoms with van der Waals surface area (Å²) in [6.07, 6.45) is 5.95. The number of carboxylic acid groups (broad SMARTS) is 1. The van der Waals surface area contributed by atoms with Crippen molar-refractivity contribution in [2.24, 2.45) is 0 Å². The molecule has 1 N–H and O–H groups in total. The van der Waals surface area contributed by atoms with Crippen LogP contribution in [0, 0.1) is 6.92 Å². The topological polar surface area (TPSA) is 42.2 Å². The first-order chi connectivity index (χ1) is 7.15. The Bertz CT molecular complexity index is 429. The Morgan fingerprint density at radius 1 is 1.67 bits per heavy atom. The van der Waals surface area contributed by atoms with Crippen molar-refractivity contribution >= 4 is 5.97 Å². The van der Waals surface area contributed by atoms with Crippen molar-refractivity contribution in [3.8, 4) is 0 Å². The van der Waals surface area contributed by atoms with Crippen LogP contribution in [0.3, 0.4) is 0 Å². The second kappa shape index (κ2) is 3.57. The van der Waals surface area contributed by atoms with E-state index in [0.717, 1.165) is 24.1 Å². The fourth-order valence-electron chi connectivity index (χ4n) is 2.07. The van der Waals surface area contributed by atoms with Crippen LogP contribution < -0.4 is 0 Å². The van der Waals surface area contributed by atoms with Crippen LogP contribution in [0.25, 0.3) is 0 Å². The van der Waals surface area contributed by atoms with Gasteiger partial charge in [-0.05, 0) is 31.4 Å². The molecule has 0 saturated heterocycles. The van der Waals surface area contributed by atoms with Gasteiger partial charge in [0.2, 0.25) is 0 Å². The molecule has 0 amide bonds. The van der Waals surface area contributed by atoms with Gasteiger partial charge in [0.25, 0.3) is 0 Å². The molecule has 0 aromatic carbocycles. The van der Waals surface area contributed by atoms with E-state index in [0.29, 0.717) is 5.69 Å². The van der Waals surface area contributed by atoms with Gasteiger partial charge < -0.3 is 9.67 Å². The molecule has 1 atom stereocenters. The number of carboxylic acids is 1. The van der Waals surface area contributed by atoms with Gasteiger partial charge in [-0.3, -0.25) is 0 Å². The average Bonchev–Trinajstić information content (AvgIpc) is 2.42. The lowest BCUT2D eigenvalue weighted by Crippen LogP contribution is -2.18. The van der Waals surface area contributed by atoms with Gasteiger partial charge in [-0.2, -0.15) is 0 Å². The molecule has 80 valence electrons. The van der Waals surface area contributed by atoms with Crippen molar-refractivity contribution in [2.75, 3.05) is 0 Å². The normalized spacial score (nSPS) is 18.9. The highest BCUT2D eigenvalue weighted by atomic mass is 16.4. The van der Waals surface area contributed by atoms with Crippen LogP contribution in [-0.2, 0) is 6.42 Å². The Labute approximate surface area is 89.0 Å². The van der Waals surface area contributed by atoms with Gasteiger partial charge >= 0.3 is 5.97 Å². The molecule has 0 spiro atoms. The number of nitrogens with zero attached hydrogens (tertiary/aromatic N) is 1. The van der Waals surface area contributed by atoms with E-state index >= 15 is 0 Å². The molecule has 2 rings (SSSR count). The molecular formula is C12H15NO2. The summed E-state index contributed by atoms with van der Waals surface area (Å²) in [5.41, 5.74) is 2.63. The van der Waals surface area contributed by atoms with Crippen molar-refractivity contribution in [1.82, 2.24) is 4.57 Å². The summed E-state index contributed by atoms with van der Waals surface area (Å²) in [6.45, 7) is 4.05. The fourth-order valence-corrected chi connectivity index (χ4v) is 2.07. The molecule has 1 aromatic heterocycles. The highest BCUT2D eigenvalue weighted by Crippen LogP contribution is 2.29. The molecule has 1 unspecified atom stereocenters. The van der Waals surface area contributed by atoms with E-state index in [4.69, 9.17) is 5.11 Å². The summed E-state index contributed by atoms with van der Waals surface area (Å²) in [4.78, 5) is 11.1. The number of aryl methyl sites for hydroxylation is 1. The largest absolute Gasteiger partial charge is 0.477 e. The maximum atomic E-state index is 11.1. The quantitative estimate of drug-likeness (QED) is 0.770. The number of aromatic carboxylic acids is 1. The maximum Gasteiger partial charge on any atom is 0.352 e. The Morgan fingerprint density at radius 2 is 2.33 bits per heavy atom. The lowest BCUT2D eigenvalue weighted by atomic mass is 10.0. The summed E-state index contributed by atoms with van der Waals surface area (Å²) in [6, 6.07) is 2.04. The van der Waals surface area contributed by atoms with E-state index in [9.17, 15) is 4.79 Å². The van der Waals surface area contributed by atoms with Crippen molar-refractivity contribution in [3.63, 3.8) is 0 Å². The summed E-state index contributed by atoms with van der Waals surface area (Å²) in [7, 11) is 0. The monoisotopic (exact) mass is 205 g/mol. The van der Waals surface area contributed by atoms with Crippen LogP contribution in [0.4, 0.5) is 0 Å². The van der Waals surface area contributed by atoms with Crippen LogP contribution in [0.5, 0.6) is 0 Å². The minimum Gasteiger partial charge on any atom is -0.477 e. The minimum absolute atomic E-state index is 0.247. The number of carbonyl (C=O) groups is 1. The summed E-state index contributed by atoms with van der Waals surface area (Å²) >= 11 is 0. The maximum absolute atomic E-state index is 11.1. The van der Waals surface area contributed by atoms with Crippen molar-refractivity contribution in [1.29, 1.82) is 0 Å². The third-order valence-electron chi connectivity index (χ3n) is 3.06. The summed E-state index contributed by atoms with van der Waals surface area (Å²) < 4.78 is 1.93. The van der Waals surface area contributed by atoms with Crippen LogP contribution in [0.15, 0.2) is 18.2 Å². The molecule has 0 saturated carbocycles. The zero-order valence-corrected chi connectivity index (χ0v) is 9.03. The zero-order chi connectivity index (χ0) is 11.0. The summed E-state index contributed by atoms with van der Waals surface area (Å²) in [5.74, 6) is -0.835.